The monoisotopic (exact) mass is 240 g/mol. The van der Waals surface area contributed by atoms with Crippen molar-refractivity contribution >= 4 is 17.4 Å². The van der Waals surface area contributed by atoms with Crippen LogP contribution < -0.4 is 10.6 Å². The number of hydrogen-bond donors (Lipinski definition) is 2. The minimum atomic E-state index is -0.0919. The molecule has 1 fully saturated rings. The van der Waals surface area contributed by atoms with E-state index in [-0.39, 0.29) is 12.1 Å². The maximum atomic E-state index is 11.5. The van der Waals surface area contributed by atoms with Crippen LogP contribution in [-0.4, -0.2) is 31.8 Å². The summed E-state index contributed by atoms with van der Waals surface area (Å²) in [5, 5.41) is 9.88. The van der Waals surface area contributed by atoms with Gasteiger partial charge < -0.3 is 15.4 Å². The number of nitrogens with one attached hydrogen (secondary N) is 2. The van der Waals surface area contributed by atoms with Crippen LogP contribution in [0.3, 0.4) is 0 Å². The van der Waals surface area contributed by atoms with Crippen LogP contribution in [0.4, 0.5) is 4.79 Å². The molecule has 0 saturated carbocycles. The Labute approximate surface area is 99.0 Å². The first-order valence-electron chi connectivity index (χ1n) is 5.48. The molecule has 88 valence electrons. The minimum absolute atomic E-state index is 0.0919. The molecule has 5 heteroatoms. The Bertz CT molecular complexity index is 321. The predicted octanol–water partition coefficient (Wildman–Crippen LogP) is 1.38. The van der Waals surface area contributed by atoms with E-state index in [4.69, 9.17) is 4.74 Å². The molecule has 0 spiro atoms. The predicted molar refractivity (Wildman–Crippen MR) is 63.8 cm³/mol. The first-order chi connectivity index (χ1) is 7.84. The topological polar surface area (TPSA) is 50.4 Å². The number of hydrogen-bond acceptors (Lipinski definition) is 3. The zero-order valence-electron chi connectivity index (χ0n) is 9.07. The summed E-state index contributed by atoms with van der Waals surface area (Å²) in [6.45, 7) is 2.06. The molecule has 0 aromatic carbocycles. The van der Waals surface area contributed by atoms with Gasteiger partial charge in [-0.15, -0.1) is 0 Å². The van der Waals surface area contributed by atoms with Gasteiger partial charge in [0.05, 0.1) is 12.6 Å². The number of ether oxygens (including phenoxy) is 1. The minimum Gasteiger partial charge on any atom is -0.379 e. The zero-order chi connectivity index (χ0) is 11.2. The van der Waals surface area contributed by atoms with Crippen molar-refractivity contribution in [2.45, 2.75) is 18.9 Å². The van der Waals surface area contributed by atoms with E-state index in [1.54, 1.807) is 11.3 Å². The van der Waals surface area contributed by atoms with Crippen molar-refractivity contribution in [3.8, 4) is 0 Å². The molecule has 0 bridgehead atoms. The molecule has 4 nitrogen and oxygen atoms in total. The van der Waals surface area contributed by atoms with Gasteiger partial charge in [-0.1, -0.05) is 0 Å². The lowest BCUT2D eigenvalue weighted by Gasteiger charge is -2.11. The second-order valence-corrected chi connectivity index (χ2v) is 4.62. The smallest absolute Gasteiger partial charge is 0.315 e. The van der Waals surface area contributed by atoms with Crippen LogP contribution >= 0.6 is 11.3 Å². The van der Waals surface area contributed by atoms with Crippen LogP contribution in [0.1, 0.15) is 12.0 Å². The molecule has 1 atom stereocenters. The second kappa shape index (κ2) is 5.86. The van der Waals surface area contributed by atoms with Gasteiger partial charge in [-0.25, -0.2) is 4.79 Å². The Balaban J connectivity index is 1.60. The molecule has 1 aromatic rings. The number of amides is 2. The van der Waals surface area contributed by atoms with E-state index in [0.29, 0.717) is 13.2 Å². The summed E-state index contributed by atoms with van der Waals surface area (Å²) in [4.78, 5) is 11.5. The Hall–Kier alpha value is -1.07. The third-order valence-corrected chi connectivity index (χ3v) is 3.28. The van der Waals surface area contributed by atoms with Crippen molar-refractivity contribution in [3.05, 3.63) is 22.4 Å². The lowest BCUT2D eigenvalue weighted by Crippen LogP contribution is -2.42. The third kappa shape index (κ3) is 3.50. The van der Waals surface area contributed by atoms with E-state index in [1.807, 2.05) is 5.38 Å². The molecule has 1 aromatic heterocycles. The first kappa shape index (κ1) is 11.4. The molecule has 2 rings (SSSR count). The van der Waals surface area contributed by atoms with E-state index in [2.05, 4.69) is 22.1 Å². The highest BCUT2D eigenvalue weighted by Gasteiger charge is 2.17. The molecule has 1 aliphatic heterocycles. The number of rotatable bonds is 4. The highest BCUT2D eigenvalue weighted by Crippen LogP contribution is 2.05. The Morgan fingerprint density at radius 2 is 2.56 bits per heavy atom. The average molecular weight is 240 g/mol. The lowest BCUT2D eigenvalue weighted by atomic mass is 10.2. The molecule has 0 radical (unpaired) electrons. The van der Waals surface area contributed by atoms with Crippen LogP contribution in [0.25, 0.3) is 0 Å². The van der Waals surface area contributed by atoms with Gasteiger partial charge in [0.15, 0.2) is 0 Å². The summed E-state index contributed by atoms with van der Waals surface area (Å²) in [7, 11) is 0. The largest absolute Gasteiger partial charge is 0.379 e. The van der Waals surface area contributed by atoms with Crippen LogP contribution in [0.5, 0.6) is 0 Å². The third-order valence-electron chi connectivity index (χ3n) is 2.54. The Kier molecular flexibility index (Phi) is 4.18. The van der Waals surface area contributed by atoms with E-state index in [9.17, 15) is 4.79 Å². The summed E-state index contributed by atoms with van der Waals surface area (Å²) in [6.07, 6.45) is 1.80. The summed E-state index contributed by atoms with van der Waals surface area (Å²) in [5.41, 5.74) is 1.27. The Morgan fingerprint density at radius 1 is 1.62 bits per heavy atom. The van der Waals surface area contributed by atoms with E-state index in [0.717, 1.165) is 19.4 Å². The molecule has 16 heavy (non-hydrogen) atoms. The molecule has 1 aliphatic rings. The molecular weight excluding hydrogens is 224 g/mol. The van der Waals surface area contributed by atoms with Crippen molar-refractivity contribution in [3.63, 3.8) is 0 Å². The van der Waals surface area contributed by atoms with Gasteiger partial charge in [-0.2, -0.15) is 11.3 Å². The first-order valence-corrected chi connectivity index (χ1v) is 6.42. The number of carbonyl (C=O) groups is 1. The highest BCUT2D eigenvalue weighted by atomic mass is 32.1. The molecule has 1 saturated heterocycles. The van der Waals surface area contributed by atoms with Crippen LogP contribution in [0.2, 0.25) is 0 Å². The fraction of sp³-hybridized carbons (Fsp3) is 0.545. The van der Waals surface area contributed by atoms with E-state index >= 15 is 0 Å². The zero-order valence-corrected chi connectivity index (χ0v) is 9.89. The van der Waals surface area contributed by atoms with Gasteiger partial charge in [0.25, 0.3) is 0 Å². The summed E-state index contributed by atoms with van der Waals surface area (Å²) < 4.78 is 5.18. The van der Waals surface area contributed by atoms with Crippen molar-refractivity contribution in [2.24, 2.45) is 0 Å². The Morgan fingerprint density at radius 3 is 3.25 bits per heavy atom. The maximum absolute atomic E-state index is 11.5. The molecular formula is C11H16N2O2S. The summed E-state index contributed by atoms with van der Waals surface area (Å²) >= 11 is 1.68. The molecule has 2 amide bonds. The fourth-order valence-electron chi connectivity index (χ4n) is 1.64. The molecule has 1 unspecified atom stereocenters. The van der Waals surface area contributed by atoms with Gasteiger partial charge in [-0.3, -0.25) is 0 Å². The standard InChI is InChI=1S/C11H16N2O2S/c14-11(13-10-2-5-15-7-10)12-4-1-9-3-6-16-8-9/h3,6,8,10H,1-2,4-5,7H2,(H2,12,13,14). The van der Waals surface area contributed by atoms with Gasteiger partial charge >= 0.3 is 6.03 Å². The lowest BCUT2D eigenvalue weighted by molar-refractivity contribution is 0.188. The van der Waals surface area contributed by atoms with Crippen LogP contribution in [-0.2, 0) is 11.2 Å². The van der Waals surface area contributed by atoms with Crippen molar-refractivity contribution in [1.29, 1.82) is 0 Å². The van der Waals surface area contributed by atoms with Crippen molar-refractivity contribution in [2.75, 3.05) is 19.8 Å². The van der Waals surface area contributed by atoms with Gasteiger partial charge in [0, 0.05) is 13.2 Å². The van der Waals surface area contributed by atoms with Gasteiger partial charge in [0.2, 0.25) is 0 Å². The number of thiophene rings is 1. The molecule has 0 aliphatic carbocycles. The summed E-state index contributed by atoms with van der Waals surface area (Å²) in [6, 6.07) is 2.17. The van der Waals surface area contributed by atoms with E-state index in [1.165, 1.54) is 5.56 Å². The fourth-order valence-corrected chi connectivity index (χ4v) is 2.34. The highest BCUT2D eigenvalue weighted by molar-refractivity contribution is 7.07. The average Bonchev–Trinajstić information content (AvgIpc) is 2.90. The molecule has 2 heterocycles. The van der Waals surface area contributed by atoms with Crippen LogP contribution in [0, 0.1) is 0 Å². The second-order valence-electron chi connectivity index (χ2n) is 3.84. The SMILES string of the molecule is O=C(NCCc1ccsc1)NC1CCOC1. The normalized spacial score (nSPS) is 19.6. The van der Waals surface area contributed by atoms with Crippen molar-refractivity contribution < 1.29 is 9.53 Å². The van der Waals surface area contributed by atoms with Crippen LogP contribution in [0.15, 0.2) is 16.8 Å². The van der Waals surface area contributed by atoms with Crippen molar-refractivity contribution in [1.82, 2.24) is 10.6 Å². The maximum Gasteiger partial charge on any atom is 0.315 e. The van der Waals surface area contributed by atoms with E-state index < -0.39 is 0 Å². The molecule has 2 N–H and O–H groups in total. The number of carbonyl (C=O) groups excluding carboxylic acids is 1. The van der Waals surface area contributed by atoms with Gasteiger partial charge in [0.1, 0.15) is 0 Å². The number of urea groups is 1. The van der Waals surface area contributed by atoms with Gasteiger partial charge in [-0.05, 0) is 35.2 Å². The quantitative estimate of drug-likeness (QED) is 0.835. The summed E-state index contributed by atoms with van der Waals surface area (Å²) in [5.74, 6) is 0.